The van der Waals surface area contributed by atoms with Crippen LogP contribution in [0.4, 0.5) is 5.69 Å². The summed E-state index contributed by atoms with van der Waals surface area (Å²) in [6, 6.07) is 1.41. The quantitative estimate of drug-likeness (QED) is 0.657. The van der Waals surface area contributed by atoms with E-state index in [0.717, 1.165) is 0 Å². The van der Waals surface area contributed by atoms with Crippen LogP contribution in [0, 0.1) is 17.0 Å². The van der Waals surface area contributed by atoms with E-state index in [4.69, 9.17) is 5.73 Å². The van der Waals surface area contributed by atoms with Crippen molar-refractivity contribution in [2.45, 2.75) is 19.8 Å². The first-order valence-electron chi connectivity index (χ1n) is 4.84. The summed E-state index contributed by atoms with van der Waals surface area (Å²) in [7, 11) is 0. The SMILES string of the molecule is Cc1c([N+](=O)[O-])cc(CCCN)c(O)c1Br. The fourth-order valence-corrected chi connectivity index (χ4v) is 1.90. The average molecular weight is 289 g/mol. The van der Waals surface area contributed by atoms with Crippen molar-refractivity contribution in [3.05, 3.63) is 31.8 Å². The number of nitrogens with two attached hydrogens (primary N) is 1. The van der Waals surface area contributed by atoms with E-state index in [1.165, 1.54) is 6.07 Å². The first-order valence-corrected chi connectivity index (χ1v) is 5.63. The smallest absolute Gasteiger partial charge is 0.273 e. The van der Waals surface area contributed by atoms with E-state index < -0.39 is 4.92 Å². The molecule has 0 unspecified atom stereocenters. The van der Waals surface area contributed by atoms with Crippen LogP contribution in [0.2, 0.25) is 0 Å². The Hall–Kier alpha value is -1.14. The van der Waals surface area contributed by atoms with Crippen molar-refractivity contribution >= 4 is 21.6 Å². The molecular formula is C10H13BrN2O3. The van der Waals surface area contributed by atoms with Crippen LogP contribution < -0.4 is 5.73 Å². The molecule has 0 atom stereocenters. The van der Waals surface area contributed by atoms with E-state index in [9.17, 15) is 15.2 Å². The second-order valence-electron chi connectivity index (χ2n) is 3.49. The summed E-state index contributed by atoms with van der Waals surface area (Å²) in [6.45, 7) is 2.08. The molecule has 16 heavy (non-hydrogen) atoms. The van der Waals surface area contributed by atoms with Gasteiger partial charge in [0.15, 0.2) is 0 Å². The number of aromatic hydroxyl groups is 1. The van der Waals surface area contributed by atoms with E-state index in [1.807, 2.05) is 0 Å². The highest BCUT2D eigenvalue weighted by Gasteiger charge is 2.19. The van der Waals surface area contributed by atoms with Gasteiger partial charge in [-0.05, 0) is 42.2 Å². The lowest BCUT2D eigenvalue weighted by Gasteiger charge is -2.08. The number of benzene rings is 1. The van der Waals surface area contributed by atoms with Crippen LogP contribution in [-0.4, -0.2) is 16.6 Å². The van der Waals surface area contributed by atoms with Gasteiger partial charge in [-0.1, -0.05) is 0 Å². The number of nitro benzene ring substituents is 1. The highest BCUT2D eigenvalue weighted by Crippen LogP contribution is 2.37. The molecule has 0 bridgehead atoms. The third kappa shape index (κ3) is 2.51. The summed E-state index contributed by atoms with van der Waals surface area (Å²) < 4.78 is 0.383. The molecule has 0 fully saturated rings. The van der Waals surface area contributed by atoms with Gasteiger partial charge in [0.2, 0.25) is 0 Å². The van der Waals surface area contributed by atoms with Gasteiger partial charge in [0.25, 0.3) is 5.69 Å². The third-order valence-corrected chi connectivity index (χ3v) is 3.35. The lowest BCUT2D eigenvalue weighted by atomic mass is 10.0. The Morgan fingerprint density at radius 3 is 2.75 bits per heavy atom. The maximum atomic E-state index is 10.8. The Bertz CT molecular complexity index is 421. The summed E-state index contributed by atoms with van der Waals surface area (Å²) in [6.07, 6.45) is 1.21. The molecule has 5 nitrogen and oxygen atoms in total. The van der Waals surface area contributed by atoms with Crippen molar-refractivity contribution < 1.29 is 10.0 Å². The van der Waals surface area contributed by atoms with Gasteiger partial charge in [-0.25, -0.2) is 0 Å². The Morgan fingerprint density at radius 2 is 2.25 bits per heavy atom. The predicted molar refractivity (Wildman–Crippen MR) is 64.6 cm³/mol. The molecule has 3 N–H and O–H groups in total. The summed E-state index contributed by atoms with van der Waals surface area (Å²) in [5.41, 5.74) is 6.36. The average Bonchev–Trinajstić information content (AvgIpc) is 2.24. The number of aryl methyl sites for hydroxylation is 1. The molecule has 0 radical (unpaired) electrons. The van der Waals surface area contributed by atoms with E-state index >= 15 is 0 Å². The number of halogens is 1. The van der Waals surface area contributed by atoms with Gasteiger partial charge in [0.1, 0.15) is 5.75 Å². The molecule has 1 rings (SSSR count). The molecule has 0 aliphatic rings. The molecule has 0 aliphatic carbocycles. The van der Waals surface area contributed by atoms with Gasteiger partial charge < -0.3 is 10.8 Å². The molecule has 0 heterocycles. The monoisotopic (exact) mass is 288 g/mol. The second kappa shape index (κ2) is 5.27. The summed E-state index contributed by atoms with van der Waals surface area (Å²) in [4.78, 5) is 10.3. The fraction of sp³-hybridized carbons (Fsp3) is 0.400. The van der Waals surface area contributed by atoms with Gasteiger partial charge in [-0.3, -0.25) is 10.1 Å². The molecule has 6 heteroatoms. The zero-order valence-electron chi connectivity index (χ0n) is 8.86. The van der Waals surface area contributed by atoms with E-state index in [0.29, 0.717) is 35.0 Å². The maximum Gasteiger partial charge on any atom is 0.273 e. The number of nitro groups is 1. The summed E-state index contributed by atoms with van der Waals surface area (Å²) >= 11 is 3.16. The van der Waals surface area contributed by atoms with E-state index in [2.05, 4.69) is 15.9 Å². The normalized spacial score (nSPS) is 10.4. The van der Waals surface area contributed by atoms with Gasteiger partial charge in [0.05, 0.1) is 9.40 Å². The number of nitrogens with zero attached hydrogens (tertiary/aromatic N) is 1. The van der Waals surface area contributed by atoms with Gasteiger partial charge in [0, 0.05) is 17.2 Å². The zero-order chi connectivity index (χ0) is 12.3. The van der Waals surface area contributed by atoms with Crippen molar-refractivity contribution in [2.24, 2.45) is 5.73 Å². The molecule has 0 saturated carbocycles. The fourth-order valence-electron chi connectivity index (χ4n) is 1.45. The van der Waals surface area contributed by atoms with Crippen molar-refractivity contribution in [3.63, 3.8) is 0 Å². The second-order valence-corrected chi connectivity index (χ2v) is 4.28. The Balaban J connectivity index is 3.24. The van der Waals surface area contributed by atoms with Crippen LogP contribution in [-0.2, 0) is 6.42 Å². The minimum atomic E-state index is -0.453. The highest BCUT2D eigenvalue weighted by molar-refractivity contribution is 9.10. The number of hydrogen-bond donors (Lipinski definition) is 2. The number of rotatable bonds is 4. The van der Waals surface area contributed by atoms with Gasteiger partial charge in [-0.15, -0.1) is 0 Å². The molecule has 0 aliphatic heterocycles. The van der Waals surface area contributed by atoms with Crippen LogP contribution in [0.5, 0.6) is 5.75 Å². The molecule has 1 aromatic rings. The minimum Gasteiger partial charge on any atom is -0.506 e. The maximum absolute atomic E-state index is 10.8. The predicted octanol–water partition coefficient (Wildman–Crippen LogP) is 2.26. The lowest BCUT2D eigenvalue weighted by Crippen LogP contribution is -2.02. The Kier molecular flexibility index (Phi) is 4.26. The van der Waals surface area contributed by atoms with Crippen LogP contribution >= 0.6 is 15.9 Å². The highest BCUT2D eigenvalue weighted by atomic mass is 79.9. The molecule has 88 valence electrons. The zero-order valence-corrected chi connectivity index (χ0v) is 10.5. The van der Waals surface area contributed by atoms with Crippen LogP contribution in [0.25, 0.3) is 0 Å². The molecule has 0 spiro atoms. The number of phenolic OH excluding ortho intramolecular Hbond substituents is 1. The summed E-state index contributed by atoms with van der Waals surface area (Å²) in [5.74, 6) is 0.0663. The number of phenols is 1. The van der Waals surface area contributed by atoms with Crippen molar-refractivity contribution in [1.82, 2.24) is 0 Å². The molecule has 0 saturated heterocycles. The van der Waals surface area contributed by atoms with Crippen LogP contribution in [0.3, 0.4) is 0 Å². The minimum absolute atomic E-state index is 0.0108. The molecular weight excluding hydrogens is 276 g/mol. The Labute approximate surface area is 102 Å². The van der Waals surface area contributed by atoms with Crippen molar-refractivity contribution in [1.29, 1.82) is 0 Å². The molecule has 0 aromatic heterocycles. The molecule has 1 aromatic carbocycles. The van der Waals surface area contributed by atoms with E-state index in [-0.39, 0.29) is 11.4 Å². The largest absolute Gasteiger partial charge is 0.506 e. The first kappa shape index (κ1) is 12.9. The Morgan fingerprint density at radius 1 is 1.62 bits per heavy atom. The number of hydrogen-bond acceptors (Lipinski definition) is 4. The lowest BCUT2D eigenvalue weighted by molar-refractivity contribution is -0.385. The third-order valence-electron chi connectivity index (χ3n) is 2.38. The summed E-state index contributed by atoms with van der Waals surface area (Å²) in [5, 5.41) is 20.6. The first-order chi connectivity index (χ1) is 7.49. The van der Waals surface area contributed by atoms with Crippen LogP contribution in [0.15, 0.2) is 10.5 Å². The van der Waals surface area contributed by atoms with Crippen LogP contribution in [0.1, 0.15) is 17.5 Å². The standard InChI is InChI=1S/C10H13BrN2O3/c1-6-8(13(15)16)5-7(3-2-4-12)10(14)9(6)11/h5,14H,2-4,12H2,1H3. The van der Waals surface area contributed by atoms with Crippen molar-refractivity contribution in [3.8, 4) is 5.75 Å². The van der Waals surface area contributed by atoms with Crippen molar-refractivity contribution in [2.75, 3.05) is 6.54 Å². The van der Waals surface area contributed by atoms with Gasteiger partial charge >= 0.3 is 0 Å². The topological polar surface area (TPSA) is 89.4 Å². The molecule has 0 amide bonds. The van der Waals surface area contributed by atoms with Gasteiger partial charge in [-0.2, -0.15) is 0 Å². The van der Waals surface area contributed by atoms with E-state index in [1.54, 1.807) is 6.92 Å².